The number of hydrogen-bond donors (Lipinski definition) is 0. The molecule has 0 spiro atoms. The molecule has 0 N–H and O–H groups in total. The molecule has 0 heterocycles. The van der Waals surface area contributed by atoms with Gasteiger partial charge in [0.15, 0.2) is 0 Å². The second-order valence-corrected chi connectivity index (χ2v) is 11.3. The summed E-state index contributed by atoms with van der Waals surface area (Å²) in [7, 11) is 3.63. The number of allylic oxidation sites excluding steroid dienone is 2. The molecule has 0 bridgehead atoms. The lowest BCUT2D eigenvalue weighted by atomic mass is 10.0. The highest BCUT2D eigenvalue weighted by Gasteiger charge is 2.52. The second-order valence-electron chi connectivity index (χ2n) is 9.97. The van der Waals surface area contributed by atoms with E-state index in [1.807, 2.05) is 28.1 Å². The first kappa shape index (κ1) is 29.8. The Hall–Kier alpha value is -0.240. The summed E-state index contributed by atoms with van der Waals surface area (Å²) in [5.74, 6) is 0. The summed E-state index contributed by atoms with van der Waals surface area (Å²) in [6.07, 6.45) is 27.2. The van der Waals surface area contributed by atoms with Crippen LogP contribution in [0.4, 0.5) is 0 Å². The van der Waals surface area contributed by atoms with Gasteiger partial charge in [-0.1, -0.05) is 108 Å². The van der Waals surface area contributed by atoms with Crippen LogP contribution in [0, 0.1) is 0 Å². The van der Waals surface area contributed by atoms with E-state index in [0.29, 0.717) is 10.9 Å². The van der Waals surface area contributed by atoms with Crippen LogP contribution in [0.15, 0.2) is 12.2 Å². The van der Waals surface area contributed by atoms with Crippen LogP contribution in [0.25, 0.3) is 0 Å². The lowest BCUT2D eigenvalue weighted by molar-refractivity contribution is -0.910. The molecule has 30 heavy (non-hydrogen) atoms. The Bertz CT molecular complexity index is 445. The topological polar surface area (TPSA) is 40.1 Å². The minimum Gasteiger partial charge on any atom is -0.590 e. The molecule has 0 rings (SSSR count). The minimum absolute atomic E-state index is 0.512. The van der Waals surface area contributed by atoms with Gasteiger partial charge >= 0.3 is 8.03 Å². The first-order valence-electron chi connectivity index (χ1n) is 12.9. The van der Waals surface area contributed by atoms with Crippen molar-refractivity contribution in [2.24, 2.45) is 0 Å². The summed E-state index contributed by atoms with van der Waals surface area (Å²) in [5, 5.41) is -0.596. The second kappa shape index (κ2) is 18.3. The van der Waals surface area contributed by atoms with Gasteiger partial charge in [0.2, 0.25) is 0 Å². The maximum Gasteiger partial charge on any atom is 0.376 e. The zero-order valence-corrected chi connectivity index (χ0v) is 22.0. The maximum atomic E-state index is 11.9. The molecule has 0 saturated carbocycles. The predicted molar refractivity (Wildman–Crippen MR) is 132 cm³/mol. The highest BCUT2D eigenvalue weighted by molar-refractivity contribution is 7.38. The van der Waals surface area contributed by atoms with Crippen LogP contribution in [0.2, 0.25) is 0 Å². The molecule has 0 aliphatic rings. The summed E-state index contributed by atoms with van der Waals surface area (Å²) in [5.41, 5.74) is 0. The average molecular weight is 443 g/mol. The Kier molecular flexibility index (Phi) is 18.2. The third-order valence-electron chi connectivity index (χ3n) is 6.76. The van der Waals surface area contributed by atoms with Crippen molar-refractivity contribution in [1.29, 1.82) is 0 Å². The van der Waals surface area contributed by atoms with E-state index in [2.05, 4.69) is 19.1 Å². The quantitative estimate of drug-likeness (QED) is 0.0779. The smallest absolute Gasteiger partial charge is 0.376 e. The van der Waals surface area contributed by atoms with Gasteiger partial charge in [-0.3, -0.25) is 4.48 Å². The highest BCUT2D eigenvalue weighted by Crippen LogP contribution is 2.44. The van der Waals surface area contributed by atoms with Crippen molar-refractivity contribution in [3.8, 4) is 0 Å². The van der Waals surface area contributed by atoms with Gasteiger partial charge in [-0.15, -0.1) is 0 Å². The van der Waals surface area contributed by atoms with Crippen LogP contribution in [0.1, 0.15) is 129 Å². The molecule has 2 atom stereocenters. The van der Waals surface area contributed by atoms with Crippen molar-refractivity contribution in [2.45, 2.75) is 135 Å². The highest BCUT2D eigenvalue weighted by atomic mass is 31.1. The van der Waals surface area contributed by atoms with E-state index in [0.717, 1.165) is 12.8 Å². The standard InChI is InChI=1S/C26H53NO2P/c1-6-8-9-10-11-12-13-14-15-16-17-18-19-20-21-22-23-24-25-26(7-2,30(28)29)27(3,4)5/h8-9H,6-7,10-25H2,1-5H3/q+1/b9-8-. The van der Waals surface area contributed by atoms with Gasteiger partial charge < -0.3 is 4.89 Å². The van der Waals surface area contributed by atoms with E-state index < -0.39 is 13.3 Å². The van der Waals surface area contributed by atoms with Gasteiger partial charge in [0.05, 0.1) is 21.1 Å². The van der Waals surface area contributed by atoms with Crippen molar-refractivity contribution in [2.75, 3.05) is 21.1 Å². The summed E-state index contributed by atoms with van der Waals surface area (Å²) >= 11 is 0. The van der Waals surface area contributed by atoms with Crippen LogP contribution >= 0.6 is 8.03 Å². The molecule has 0 aromatic carbocycles. The number of nitrogens with zero attached hydrogens (tertiary/aromatic N) is 1. The number of quaternary nitrogens is 1. The number of hydrogen-bond acceptors (Lipinski definition) is 2. The zero-order valence-electron chi connectivity index (χ0n) is 21.1. The normalized spacial score (nSPS) is 14.9. The molecule has 2 unspecified atom stereocenters. The molecule has 0 aliphatic heterocycles. The average Bonchev–Trinajstić information content (AvgIpc) is 2.68. The fraction of sp³-hybridized carbons (Fsp3) is 0.923. The fourth-order valence-electron chi connectivity index (χ4n) is 4.53. The summed E-state index contributed by atoms with van der Waals surface area (Å²) in [6.45, 7) is 4.21. The van der Waals surface area contributed by atoms with E-state index in [1.165, 1.54) is 96.3 Å². The lowest BCUT2D eigenvalue weighted by Crippen LogP contribution is -2.55. The molecule has 4 heteroatoms. The Morgan fingerprint density at radius 1 is 0.700 bits per heavy atom. The SMILES string of the molecule is CC/C=C\CCCCCCCCCCCCCCCCC(CC)([P+](=O)[O-])[N+](C)(C)C. The Morgan fingerprint density at radius 3 is 1.43 bits per heavy atom. The summed E-state index contributed by atoms with van der Waals surface area (Å²) in [6, 6.07) is 0. The first-order chi connectivity index (χ1) is 14.3. The van der Waals surface area contributed by atoms with E-state index in [9.17, 15) is 9.46 Å². The number of rotatable bonds is 21. The van der Waals surface area contributed by atoms with Crippen LogP contribution in [-0.2, 0) is 4.57 Å². The monoisotopic (exact) mass is 442 g/mol. The summed E-state index contributed by atoms with van der Waals surface area (Å²) < 4.78 is 12.4. The Morgan fingerprint density at radius 2 is 1.10 bits per heavy atom. The minimum atomic E-state index is -2.41. The van der Waals surface area contributed by atoms with Crippen LogP contribution in [-0.4, -0.2) is 30.9 Å². The predicted octanol–water partition coefficient (Wildman–Crippen LogP) is 8.11. The van der Waals surface area contributed by atoms with Crippen LogP contribution in [0.5, 0.6) is 0 Å². The molecule has 0 aromatic heterocycles. The third kappa shape index (κ3) is 13.2. The summed E-state index contributed by atoms with van der Waals surface area (Å²) in [4.78, 5) is 11.9. The van der Waals surface area contributed by atoms with Crippen molar-refractivity contribution >= 4 is 8.03 Å². The van der Waals surface area contributed by atoms with Gasteiger partial charge in [-0.2, -0.15) is 0 Å². The molecular formula is C26H53NO2P+. The molecule has 0 saturated heterocycles. The van der Waals surface area contributed by atoms with Crippen molar-refractivity contribution in [3.63, 3.8) is 0 Å². The largest absolute Gasteiger partial charge is 0.590 e. The lowest BCUT2D eigenvalue weighted by Gasteiger charge is -2.39. The molecule has 178 valence electrons. The zero-order chi connectivity index (χ0) is 22.7. The van der Waals surface area contributed by atoms with Crippen molar-refractivity contribution in [3.05, 3.63) is 12.2 Å². The molecule has 0 amide bonds. The maximum absolute atomic E-state index is 11.9. The van der Waals surface area contributed by atoms with Gasteiger partial charge in [0.25, 0.3) is 5.28 Å². The Balaban J connectivity index is 3.52. The number of unbranched alkanes of at least 4 members (excludes halogenated alkanes) is 14. The molecule has 0 fully saturated rings. The Labute approximate surface area is 190 Å². The van der Waals surface area contributed by atoms with Crippen LogP contribution in [0.3, 0.4) is 0 Å². The van der Waals surface area contributed by atoms with E-state index >= 15 is 0 Å². The molecule has 0 aliphatic carbocycles. The molecule has 0 radical (unpaired) electrons. The van der Waals surface area contributed by atoms with E-state index in [1.54, 1.807) is 0 Å². The van der Waals surface area contributed by atoms with Crippen LogP contribution < -0.4 is 4.89 Å². The molecule has 3 nitrogen and oxygen atoms in total. The van der Waals surface area contributed by atoms with Gasteiger partial charge in [-0.25, -0.2) is 0 Å². The van der Waals surface area contributed by atoms with E-state index in [4.69, 9.17) is 0 Å². The van der Waals surface area contributed by atoms with Gasteiger partial charge in [-0.05, 0) is 25.7 Å². The van der Waals surface area contributed by atoms with Gasteiger partial charge in [0, 0.05) is 12.8 Å². The fourth-order valence-corrected chi connectivity index (χ4v) is 5.62. The molecular weight excluding hydrogens is 389 g/mol. The third-order valence-corrected chi connectivity index (χ3v) is 8.57. The van der Waals surface area contributed by atoms with Crippen molar-refractivity contribution < 1.29 is 13.9 Å². The molecule has 0 aromatic rings. The first-order valence-corrected chi connectivity index (χ1v) is 14.1. The van der Waals surface area contributed by atoms with Gasteiger partial charge in [0.1, 0.15) is 0 Å². The van der Waals surface area contributed by atoms with E-state index in [-0.39, 0.29) is 0 Å². The van der Waals surface area contributed by atoms with Crippen molar-refractivity contribution in [1.82, 2.24) is 0 Å².